The molecule has 2 heterocycles. The first kappa shape index (κ1) is 20.5. The zero-order valence-corrected chi connectivity index (χ0v) is 17.0. The molecule has 0 bridgehead atoms. The van der Waals surface area contributed by atoms with Gasteiger partial charge in [-0.15, -0.1) is 0 Å². The van der Waals surface area contributed by atoms with Gasteiger partial charge in [-0.1, -0.05) is 25.0 Å². The van der Waals surface area contributed by atoms with Crippen molar-refractivity contribution in [2.75, 3.05) is 10.6 Å². The van der Waals surface area contributed by atoms with Crippen molar-refractivity contribution in [3.63, 3.8) is 0 Å². The molecule has 1 aromatic carbocycles. The Hall–Kier alpha value is -3.74. The van der Waals surface area contributed by atoms with Crippen LogP contribution in [0.5, 0.6) is 0 Å². The minimum absolute atomic E-state index is 0.285. The van der Waals surface area contributed by atoms with Crippen molar-refractivity contribution in [1.29, 1.82) is 0 Å². The topological polar surface area (TPSA) is 104 Å². The molecular weight excluding hydrogens is 392 g/mol. The summed E-state index contributed by atoms with van der Waals surface area (Å²) in [5, 5.41) is 15.8. The number of nitrogens with zero attached hydrogens (tertiary/aromatic N) is 2. The van der Waals surface area contributed by atoms with Gasteiger partial charge in [0.15, 0.2) is 0 Å². The van der Waals surface area contributed by atoms with Crippen molar-refractivity contribution in [3.8, 4) is 0 Å². The maximum atomic E-state index is 12.9. The summed E-state index contributed by atoms with van der Waals surface area (Å²) in [7, 11) is 0. The molecule has 1 saturated carbocycles. The van der Waals surface area contributed by atoms with E-state index in [1.807, 2.05) is 12.1 Å². The summed E-state index contributed by atoms with van der Waals surface area (Å²) in [6.07, 6.45) is 8.20. The second kappa shape index (κ2) is 8.95. The SMILES string of the molecule is O=C(Nc1ccc(C2(C(=O)O)CCCC2)cc1)c1cccnc1NCc1ccncc1. The zero-order valence-electron chi connectivity index (χ0n) is 17.0. The lowest BCUT2D eigenvalue weighted by atomic mass is 9.79. The van der Waals surface area contributed by atoms with Crippen molar-refractivity contribution in [3.05, 3.63) is 83.8 Å². The molecule has 2 aromatic heterocycles. The second-order valence-corrected chi connectivity index (χ2v) is 7.73. The van der Waals surface area contributed by atoms with E-state index in [-0.39, 0.29) is 5.91 Å². The molecule has 0 spiro atoms. The molecule has 0 unspecified atom stereocenters. The quantitative estimate of drug-likeness (QED) is 0.532. The summed E-state index contributed by atoms with van der Waals surface area (Å²) in [6, 6.07) is 14.3. The van der Waals surface area contributed by atoms with E-state index in [0.29, 0.717) is 36.5 Å². The number of hydrogen-bond acceptors (Lipinski definition) is 5. The Morgan fingerprint density at radius 1 is 0.968 bits per heavy atom. The van der Waals surface area contributed by atoms with Crippen LogP contribution in [0.3, 0.4) is 0 Å². The van der Waals surface area contributed by atoms with Gasteiger partial charge >= 0.3 is 5.97 Å². The second-order valence-electron chi connectivity index (χ2n) is 7.73. The molecule has 0 aliphatic heterocycles. The van der Waals surface area contributed by atoms with Crippen LogP contribution in [0.4, 0.5) is 11.5 Å². The summed E-state index contributed by atoms with van der Waals surface area (Å²) in [5.74, 6) is -0.571. The highest BCUT2D eigenvalue weighted by Gasteiger charge is 2.42. The first-order chi connectivity index (χ1) is 15.1. The number of anilines is 2. The third-order valence-corrected chi connectivity index (χ3v) is 5.82. The average molecular weight is 416 g/mol. The Labute approximate surface area is 180 Å². The molecule has 3 N–H and O–H groups in total. The van der Waals surface area contributed by atoms with Gasteiger partial charge in [0.1, 0.15) is 5.82 Å². The van der Waals surface area contributed by atoms with Crippen molar-refractivity contribution in [2.45, 2.75) is 37.6 Å². The number of nitrogens with one attached hydrogen (secondary N) is 2. The fourth-order valence-electron chi connectivity index (χ4n) is 4.09. The lowest BCUT2D eigenvalue weighted by Gasteiger charge is -2.24. The highest BCUT2D eigenvalue weighted by atomic mass is 16.4. The van der Waals surface area contributed by atoms with E-state index < -0.39 is 11.4 Å². The Morgan fingerprint density at radius 2 is 1.68 bits per heavy atom. The number of aromatic nitrogens is 2. The Balaban J connectivity index is 1.47. The lowest BCUT2D eigenvalue weighted by Crippen LogP contribution is -2.32. The molecule has 1 fully saturated rings. The van der Waals surface area contributed by atoms with Crippen molar-refractivity contribution < 1.29 is 14.7 Å². The van der Waals surface area contributed by atoms with Crippen LogP contribution in [-0.4, -0.2) is 27.0 Å². The molecule has 31 heavy (non-hydrogen) atoms. The number of hydrogen-bond donors (Lipinski definition) is 3. The van der Waals surface area contributed by atoms with Crippen LogP contribution >= 0.6 is 0 Å². The molecule has 7 heteroatoms. The average Bonchev–Trinajstić information content (AvgIpc) is 3.31. The number of pyridine rings is 2. The number of rotatable bonds is 7. The summed E-state index contributed by atoms with van der Waals surface area (Å²) in [5.41, 5.74) is 2.05. The lowest BCUT2D eigenvalue weighted by molar-refractivity contribution is -0.143. The highest BCUT2D eigenvalue weighted by Crippen LogP contribution is 2.41. The largest absolute Gasteiger partial charge is 0.481 e. The van der Waals surface area contributed by atoms with Gasteiger partial charge in [-0.05, 0) is 60.4 Å². The van der Waals surface area contributed by atoms with E-state index in [1.54, 1.807) is 55.0 Å². The number of amides is 1. The normalized spacial score (nSPS) is 14.7. The van der Waals surface area contributed by atoms with Crippen LogP contribution in [-0.2, 0) is 16.8 Å². The van der Waals surface area contributed by atoms with E-state index >= 15 is 0 Å². The summed E-state index contributed by atoms with van der Waals surface area (Å²) in [4.78, 5) is 33.0. The van der Waals surface area contributed by atoms with Crippen LogP contribution in [0.1, 0.15) is 47.2 Å². The van der Waals surface area contributed by atoms with Crippen molar-refractivity contribution in [2.24, 2.45) is 0 Å². The van der Waals surface area contributed by atoms with Gasteiger partial charge in [-0.25, -0.2) is 4.98 Å². The molecule has 3 aromatic rings. The maximum absolute atomic E-state index is 12.9. The van der Waals surface area contributed by atoms with Crippen LogP contribution in [0.2, 0.25) is 0 Å². The molecule has 0 radical (unpaired) electrons. The monoisotopic (exact) mass is 416 g/mol. The Morgan fingerprint density at radius 3 is 2.35 bits per heavy atom. The fourth-order valence-corrected chi connectivity index (χ4v) is 4.09. The third kappa shape index (κ3) is 4.40. The Kier molecular flexibility index (Phi) is 5.93. The molecule has 0 saturated heterocycles. The summed E-state index contributed by atoms with van der Waals surface area (Å²) >= 11 is 0. The molecule has 4 rings (SSSR count). The summed E-state index contributed by atoms with van der Waals surface area (Å²) < 4.78 is 0. The standard InChI is InChI=1S/C24H24N4O3/c29-22(20-4-3-13-26-21(20)27-16-17-9-14-25-15-10-17)28-19-7-5-18(6-8-19)24(23(30)31)11-1-2-12-24/h3-10,13-15H,1-2,11-12,16H2,(H,26,27)(H,28,29)(H,30,31). The zero-order chi connectivity index (χ0) is 21.7. The number of benzene rings is 1. The van der Waals surface area contributed by atoms with E-state index in [4.69, 9.17) is 0 Å². The van der Waals surface area contributed by atoms with E-state index in [2.05, 4.69) is 20.6 Å². The first-order valence-electron chi connectivity index (χ1n) is 10.3. The molecular formula is C24H24N4O3. The minimum atomic E-state index is -0.810. The molecule has 1 aliphatic rings. The molecule has 158 valence electrons. The summed E-state index contributed by atoms with van der Waals surface area (Å²) in [6.45, 7) is 0.520. The smallest absolute Gasteiger partial charge is 0.314 e. The predicted octanol–water partition coefficient (Wildman–Crippen LogP) is 4.24. The molecule has 1 aliphatic carbocycles. The molecule has 1 amide bonds. The van der Waals surface area contributed by atoms with E-state index in [0.717, 1.165) is 24.0 Å². The minimum Gasteiger partial charge on any atom is -0.481 e. The van der Waals surface area contributed by atoms with Gasteiger partial charge in [0, 0.05) is 30.8 Å². The van der Waals surface area contributed by atoms with E-state index in [9.17, 15) is 14.7 Å². The van der Waals surface area contributed by atoms with Gasteiger partial charge < -0.3 is 15.7 Å². The first-order valence-corrected chi connectivity index (χ1v) is 10.3. The van der Waals surface area contributed by atoms with Crippen LogP contribution < -0.4 is 10.6 Å². The fraction of sp³-hybridized carbons (Fsp3) is 0.250. The van der Waals surface area contributed by atoms with Crippen molar-refractivity contribution in [1.82, 2.24) is 9.97 Å². The van der Waals surface area contributed by atoms with Crippen molar-refractivity contribution >= 4 is 23.4 Å². The number of carboxylic acids is 1. The number of carboxylic acid groups (broad SMARTS) is 1. The molecule has 7 nitrogen and oxygen atoms in total. The van der Waals surface area contributed by atoms with E-state index in [1.165, 1.54) is 0 Å². The van der Waals surface area contributed by atoms with Gasteiger partial charge in [0.05, 0.1) is 11.0 Å². The maximum Gasteiger partial charge on any atom is 0.314 e. The van der Waals surface area contributed by atoms with Crippen LogP contribution in [0, 0.1) is 0 Å². The number of carbonyl (C=O) groups excluding carboxylic acids is 1. The van der Waals surface area contributed by atoms with Crippen LogP contribution in [0.15, 0.2) is 67.1 Å². The highest BCUT2D eigenvalue weighted by molar-refractivity contribution is 6.07. The Bertz CT molecular complexity index is 1060. The van der Waals surface area contributed by atoms with Gasteiger partial charge in [0.2, 0.25) is 0 Å². The molecule has 0 atom stereocenters. The van der Waals surface area contributed by atoms with Crippen LogP contribution in [0.25, 0.3) is 0 Å². The van der Waals surface area contributed by atoms with Gasteiger partial charge in [0.25, 0.3) is 5.91 Å². The third-order valence-electron chi connectivity index (χ3n) is 5.82. The number of aliphatic carboxylic acids is 1. The predicted molar refractivity (Wildman–Crippen MR) is 118 cm³/mol. The van der Waals surface area contributed by atoms with Gasteiger partial charge in [-0.3, -0.25) is 14.6 Å². The van der Waals surface area contributed by atoms with Gasteiger partial charge in [-0.2, -0.15) is 0 Å². The number of carbonyl (C=O) groups is 2.